The lowest BCUT2D eigenvalue weighted by Crippen LogP contribution is -2.47. The van der Waals surface area contributed by atoms with Gasteiger partial charge in [-0.15, -0.1) is 0 Å². The van der Waals surface area contributed by atoms with Crippen molar-refractivity contribution in [2.75, 3.05) is 19.6 Å². The number of hydrogen-bond acceptors (Lipinski definition) is 1. The molecule has 0 saturated carbocycles. The van der Waals surface area contributed by atoms with Gasteiger partial charge in [-0.25, -0.2) is 0 Å². The number of rotatable bonds is 6. The Morgan fingerprint density at radius 1 is 1.35 bits per heavy atom. The van der Waals surface area contributed by atoms with Gasteiger partial charge in [0.15, 0.2) is 12.2 Å². The van der Waals surface area contributed by atoms with Crippen LogP contribution in [0, 0.1) is 0 Å². The molecule has 0 unspecified atom stereocenters. The lowest BCUT2D eigenvalue weighted by atomic mass is 10.2. The summed E-state index contributed by atoms with van der Waals surface area (Å²) in [6.07, 6.45) is 6.78. The van der Waals surface area contributed by atoms with Gasteiger partial charge >= 0.3 is 0 Å². The van der Waals surface area contributed by atoms with E-state index in [0.29, 0.717) is 5.84 Å². The van der Waals surface area contributed by atoms with Gasteiger partial charge in [-0.05, 0) is 12.8 Å². The summed E-state index contributed by atoms with van der Waals surface area (Å²) in [4.78, 5) is 19.2. The second-order valence-corrected chi connectivity index (χ2v) is 4.82. The highest BCUT2D eigenvalue weighted by atomic mass is 16.1. The first kappa shape index (κ1) is 14.0. The standard InChI is InChI=1S/C13H24N3O/c1-4-6-8-16(9-7-5-2)10-13(14-11-16)15-12(3)17/h11H,4-10H2,1-3H3/q+1. The molecular weight excluding hydrogens is 214 g/mol. The average Bonchev–Trinajstić information content (AvgIpc) is 2.67. The third-order valence-electron chi connectivity index (χ3n) is 3.11. The van der Waals surface area contributed by atoms with E-state index in [4.69, 9.17) is 0 Å². The quantitative estimate of drug-likeness (QED) is 0.655. The Bertz CT molecular complexity index is 313. The zero-order valence-electron chi connectivity index (χ0n) is 11.3. The molecule has 0 N–H and O–H groups in total. The fraction of sp³-hybridized carbons (Fsp3) is 0.769. The predicted molar refractivity (Wildman–Crippen MR) is 71.3 cm³/mol. The molecular formula is C13H24N3O+. The smallest absolute Gasteiger partial charge is 0.244 e. The summed E-state index contributed by atoms with van der Waals surface area (Å²) in [7, 11) is 0. The van der Waals surface area contributed by atoms with Crippen molar-refractivity contribution in [3.63, 3.8) is 0 Å². The molecule has 0 saturated heterocycles. The van der Waals surface area contributed by atoms with Crippen LogP contribution in [0.3, 0.4) is 0 Å². The van der Waals surface area contributed by atoms with Crippen molar-refractivity contribution in [2.45, 2.75) is 46.5 Å². The van der Waals surface area contributed by atoms with E-state index in [9.17, 15) is 4.79 Å². The third-order valence-corrected chi connectivity index (χ3v) is 3.11. The molecule has 1 heterocycles. The maximum Gasteiger partial charge on any atom is 0.244 e. The zero-order chi connectivity index (χ0) is 12.7. The summed E-state index contributed by atoms with van der Waals surface area (Å²) in [5.74, 6) is 0.549. The molecule has 0 fully saturated rings. The first-order chi connectivity index (χ1) is 8.12. The molecule has 0 spiro atoms. The Labute approximate surface area is 104 Å². The van der Waals surface area contributed by atoms with Gasteiger partial charge < -0.3 is 0 Å². The van der Waals surface area contributed by atoms with Crippen LogP contribution in [-0.2, 0) is 4.79 Å². The van der Waals surface area contributed by atoms with Crippen LogP contribution in [0.25, 0.3) is 0 Å². The summed E-state index contributed by atoms with van der Waals surface area (Å²) < 4.78 is 0.883. The molecule has 0 aromatic carbocycles. The van der Waals surface area contributed by atoms with E-state index in [1.165, 1.54) is 32.6 Å². The number of unbranched alkanes of at least 4 members (excludes halogenated alkanes) is 2. The minimum Gasteiger partial charge on any atom is -0.275 e. The minimum atomic E-state index is -0.150. The average molecular weight is 238 g/mol. The highest BCUT2D eigenvalue weighted by Crippen LogP contribution is 2.15. The van der Waals surface area contributed by atoms with Gasteiger partial charge in [0.25, 0.3) is 0 Å². The highest BCUT2D eigenvalue weighted by molar-refractivity contribution is 5.99. The fourth-order valence-corrected chi connectivity index (χ4v) is 2.13. The van der Waals surface area contributed by atoms with Crippen molar-refractivity contribution in [3.8, 4) is 0 Å². The first-order valence-corrected chi connectivity index (χ1v) is 6.61. The SMILES string of the molecule is CCCC[N+]1(CCCC)C=NC(=NC(C)=O)C1. The first-order valence-electron chi connectivity index (χ1n) is 6.61. The number of nitrogens with zero attached hydrogens (tertiary/aromatic N) is 3. The van der Waals surface area contributed by atoms with Crippen molar-refractivity contribution in [3.05, 3.63) is 0 Å². The summed E-state index contributed by atoms with van der Waals surface area (Å²) in [5, 5.41) is 0. The molecule has 0 aromatic rings. The van der Waals surface area contributed by atoms with Gasteiger partial charge in [0.2, 0.25) is 5.91 Å². The molecule has 96 valence electrons. The molecule has 4 nitrogen and oxygen atoms in total. The Balaban J connectivity index is 2.68. The summed E-state index contributed by atoms with van der Waals surface area (Å²) >= 11 is 0. The number of hydrogen-bond donors (Lipinski definition) is 0. The number of aliphatic imine (C=N–C) groups is 2. The Hall–Kier alpha value is -1.03. The van der Waals surface area contributed by atoms with Crippen LogP contribution >= 0.6 is 0 Å². The van der Waals surface area contributed by atoms with E-state index < -0.39 is 0 Å². The number of carbonyl (C=O) groups is 1. The van der Waals surface area contributed by atoms with Crippen molar-refractivity contribution < 1.29 is 9.28 Å². The predicted octanol–water partition coefficient (Wildman–Crippen LogP) is 2.39. The van der Waals surface area contributed by atoms with Crippen molar-refractivity contribution in [2.24, 2.45) is 9.98 Å². The van der Waals surface area contributed by atoms with Gasteiger partial charge in [0.1, 0.15) is 6.54 Å². The van der Waals surface area contributed by atoms with E-state index in [1.807, 2.05) is 6.34 Å². The van der Waals surface area contributed by atoms with Gasteiger partial charge in [-0.3, -0.25) is 9.28 Å². The Kier molecular flexibility index (Phi) is 5.48. The monoisotopic (exact) mass is 238 g/mol. The van der Waals surface area contributed by atoms with Crippen molar-refractivity contribution >= 4 is 18.1 Å². The lowest BCUT2D eigenvalue weighted by molar-refractivity contribution is -0.823. The van der Waals surface area contributed by atoms with Crippen molar-refractivity contribution in [1.29, 1.82) is 0 Å². The fourth-order valence-electron chi connectivity index (χ4n) is 2.13. The highest BCUT2D eigenvalue weighted by Gasteiger charge is 2.32. The van der Waals surface area contributed by atoms with Crippen LogP contribution < -0.4 is 0 Å². The summed E-state index contributed by atoms with van der Waals surface area (Å²) in [6, 6.07) is 0. The van der Waals surface area contributed by atoms with E-state index >= 15 is 0 Å². The Morgan fingerprint density at radius 3 is 2.41 bits per heavy atom. The number of quaternary nitrogens is 1. The molecule has 0 bridgehead atoms. The maximum absolute atomic E-state index is 11.0. The molecule has 17 heavy (non-hydrogen) atoms. The van der Waals surface area contributed by atoms with Gasteiger partial charge in [0, 0.05) is 6.92 Å². The Morgan fingerprint density at radius 2 is 1.94 bits per heavy atom. The zero-order valence-corrected chi connectivity index (χ0v) is 11.3. The normalized spacial score (nSPS) is 20.1. The second-order valence-electron chi connectivity index (χ2n) is 4.82. The molecule has 0 aliphatic carbocycles. The van der Waals surface area contributed by atoms with E-state index in [-0.39, 0.29) is 5.91 Å². The van der Waals surface area contributed by atoms with E-state index in [2.05, 4.69) is 23.8 Å². The topological polar surface area (TPSA) is 41.8 Å². The van der Waals surface area contributed by atoms with Crippen LogP contribution in [0.4, 0.5) is 0 Å². The van der Waals surface area contributed by atoms with Gasteiger partial charge in [-0.2, -0.15) is 9.98 Å². The van der Waals surface area contributed by atoms with Crippen LogP contribution in [-0.4, -0.2) is 42.2 Å². The van der Waals surface area contributed by atoms with E-state index in [0.717, 1.165) is 24.1 Å². The van der Waals surface area contributed by atoms with E-state index in [1.54, 1.807) is 0 Å². The van der Waals surface area contributed by atoms with Crippen LogP contribution in [0.2, 0.25) is 0 Å². The molecule has 1 aliphatic heterocycles. The second kappa shape index (κ2) is 6.64. The van der Waals surface area contributed by atoms with Gasteiger partial charge in [0.05, 0.1) is 13.1 Å². The van der Waals surface area contributed by atoms with Crippen LogP contribution in [0.15, 0.2) is 9.98 Å². The largest absolute Gasteiger partial charge is 0.275 e. The number of carbonyl (C=O) groups excluding carboxylic acids is 1. The molecule has 0 radical (unpaired) electrons. The lowest BCUT2D eigenvalue weighted by Gasteiger charge is -2.29. The molecule has 0 atom stereocenters. The maximum atomic E-state index is 11.0. The molecule has 0 aromatic heterocycles. The molecule has 1 rings (SSSR count). The molecule has 4 heteroatoms. The molecule has 1 amide bonds. The molecule has 1 aliphatic rings. The van der Waals surface area contributed by atoms with Gasteiger partial charge in [-0.1, -0.05) is 26.7 Å². The summed E-state index contributed by atoms with van der Waals surface area (Å²) in [5.41, 5.74) is 0. The van der Waals surface area contributed by atoms with Crippen molar-refractivity contribution in [1.82, 2.24) is 0 Å². The third kappa shape index (κ3) is 4.38. The van der Waals surface area contributed by atoms with Crippen LogP contribution in [0.5, 0.6) is 0 Å². The van der Waals surface area contributed by atoms with Crippen LogP contribution in [0.1, 0.15) is 46.5 Å². The summed E-state index contributed by atoms with van der Waals surface area (Å²) in [6.45, 7) is 8.89. The number of amides is 1. The minimum absolute atomic E-state index is 0.150. The number of amidine groups is 1.